The van der Waals surface area contributed by atoms with Crippen LogP contribution in [-0.2, 0) is 33.2 Å². The fraction of sp³-hybridized carbons (Fsp3) is 1.00. The van der Waals surface area contributed by atoms with E-state index in [1.54, 1.807) is 0 Å². The Morgan fingerprint density at radius 2 is 0.741 bits per heavy atom. The maximum atomic E-state index is 8.99. The summed E-state index contributed by atoms with van der Waals surface area (Å²) in [6.45, 7) is 5.59. The molecule has 0 bridgehead atoms. The van der Waals surface area contributed by atoms with E-state index in [0.29, 0.717) is 79.3 Å². The van der Waals surface area contributed by atoms with Gasteiger partial charge in [-0.1, -0.05) is 23.2 Å². The van der Waals surface area contributed by atoms with E-state index >= 15 is 0 Å². The number of rotatable bonds is 22. The van der Waals surface area contributed by atoms with Gasteiger partial charge in [-0.15, -0.1) is 0 Å². The smallest absolute Gasteiger partial charge is 0.238 e. The first-order valence-corrected chi connectivity index (χ1v) is 9.57. The Morgan fingerprint density at radius 1 is 0.481 bits per heavy atom. The molecule has 0 saturated carbocycles. The van der Waals surface area contributed by atoms with E-state index in [1.807, 2.05) is 0 Å². The summed E-state index contributed by atoms with van der Waals surface area (Å²) in [5.74, 6) is 0. The predicted octanol–water partition coefficient (Wildman–Crippen LogP) is 0.219. The molecule has 0 spiro atoms. The third kappa shape index (κ3) is 26.2. The van der Waals surface area contributed by atoms with Crippen molar-refractivity contribution in [1.82, 2.24) is 0 Å². The second-order valence-electron chi connectivity index (χ2n) is 5.12. The second kappa shape index (κ2) is 20.9. The molecular weight excluding hydrogens is 407 g/mol. The van der Waals surface area contributed by atoms with E-state index in [1.165, 1.54) is 0 Å². The van der Waals surface area contributed by atoms with Gasteiger partial charge in [0.05, 0.1) is 92.5 Å². The average molecular weight is 439 g/mol. The van der Waals surface area contributed by atoms with Crippen LogP contribution in [-0.4, -0.2) is 114 Å². The molecule has 2 N–H and O–H groups in total. The monoisotopic (exact) mass is 438 g/mol. The molecule has 0 heterocycles. The molecule has 0 radical (unpaired) electrons. The highest BCUT2D eigenvalue weighted by atomic mass is 35.5. The van der Waals surface area contributed by atoms with E-state index in [-0.39, 0.29) is 19.8 Å². The van der Waals surface area contributed by atoms with Crippen LogP contribution < -0.4 is 0 Å². The van der Waals surface area contributed by atoms with Crippen molar-refractivity contribution in [2.45, 2.75) is 4.52 Å². The topological polar surface area (TPSA) is 105 Å². The molecule has 0 unspecified atom stereocenters. The van der Waals surface area contributed by atoms with E-state index in [9.17, 15) is 0 Å². The van der Waals surface area contributed by atoms with Gasteiger partial charge in [0.15, 0.2) is 0 Å². The molecule has 0 aromatic heterocycles. The van der Waals surface area contributed by atoms with Crippen LogP contribution in [0.3, 0.4) is 0 Å². The molecule has 0 saturated heterocycles. The minimum Gasteiger partial charge on any atom is -0.394 e. The van der Waals surface area contributed by atoms with Crippen molar-refractivity contribution in [2.24, 2.45) is 0 Å². The van der Waals surface area contributed by atoms with Crippen molar-refractivity contribution in [1.29, 1.82) is 0 Å². The van der Waals surface area contributed by atoms with E-state index in [2.05, 4.69) is 0 Å². The summed E-state index contributed by atoms with van der Waals surface area (Å²) in [5, 5.41) is 17.5. The molecule has 0 rings (SSSR count). The Hall–Kier alpha value is 0.220. The summed E-state index contributed by atoms with van der Waals surface area (Å²) >= 11 is 10.6. The van der Waals surface area contributed by atoms with Crippen molar-refractivity contribution >= 4 is 23.2 Å². The van der Waals surface area contributed by atoms with E-state index in [4.69, 9.17) is 66.6 Å². The number of ether oxygens (including phenoxy) is 7. The quantitative estimate of drug-likeness (QED) is 0.181. The Kier molecular flexibility index (Phi) is 21.1. The van der Waals surface area contributed by atoms with Crippen molar-refractivity contribution < 1.29 is 43.4 Å². The van der Waals surface area contributed by atoms with Crippen LogP contribution in [0.4, 0.5) is 0 Å². The Balaban J connectivity index is 3.01. The molecule has 0 fully saturated rings. The van der Waals surface area contributed by atoms with Crippen molar-refractivity contribution in [3.63, 3.8) is 0 Å². The van der Waals surface area contributed by atoms with Crippen LogP contribution in [0.15, 0.2) is 0 Å². The Labute approximate surface area is 170 Å². The maximum Gasteiger partial charge on any atom is 0.238 e. The minimum absolute atomic E-state index is 0.0226. The molecule has 0 aromatic rings. The normalized spacial score (nSPS) is 12.0. The van der Waals surface area contributed by atoms with Crippen LogP contribution >= 0.6 is 23.2 Å². The molecule has 27 heavy (non-hydrogen) atoms. The molecular formula is C16H32Cl2O9. The number of halogens is 2. The van der Waals surface area contributed by atoms with Gasteiger partial charge in [0.1, 0.15) is 6.61 Å². The van der Waals surface area contributed by atoms with Crippen molar-refractivity contribution in [2.75, 3.05) is 99.1 Å². The molecule has 164 valence electrons. The first kappa shape index (κ1) is 27.2. The third-order valence-corrected chi connectivity index (χ3v) is 2.96. The fourth-order valence-electron chi connectivity index (χ4n) is 1.58. The molecule has 0 amide bonds. The summed E-state index contributed by atoms with van der Waals surface area (Å²) in [7, 11) is 0. The van der Waals surface area contributed by atoms with Gasteiger partial charge < -0.3 is 43.4 Å². The summed E-state index contributed by atoms with van der Waals surface area (Å²) in [6.07, 6.45) is 0. The second-order valence-corrected chi connectivity index (χ2v) is 6.56. The largest absolute Gasteiger partial charge is 0.394 e. The molecule has 0 aliphatic rings. The zero-order valence-electron chi connectivity index (χ0n) is 15.6. The maximum absolute atomic E-state index is 8.99. The van der Waals surface area contributed by atoms with Gasteiger partial charge in [-0.3, -0.25) is 0 Å². The van der Waals surface area contributed by atoms with Gasteiger partial charge in [-0.25, -0.2) is 0 Å². The standard InChI is InChI=1S/C16H32Cl2O9/c17-16(18,20)15-27-14-13-26-12-11-25-10-9-24-8-7-23-6-5-22-4-3-21-2-1-19/h19-20H,1-15H2. The van der Waals surface area contributed by atoms with Crippen LogP contribution in [0, 0.1) is 0 Å². The summed E-state index contributed by atoms with van der Waals surface area (Å²) in [6, 6.07) is 0. The lowest BCUT2D eigenvalue weighted by Gasteiger charge is -2.12. The Bertz CT molecular complexity index is 294. The zero-order chi connectivity index (χ0) is 20.1. The third-order valence-electron chi connectivity index (χ3n) is 2.74. The van der Waals surface area contributed by atoms with Gasteiger partial charge in [0.2, 0.25) is 4.52 Å². The number of hydrogen-bond acceptors (Lipinski definition) is 9. The molecule has 0 atom stereocenters. The molecule has 0 aliphatic heterocycles. The number of hydrogen-bond donors (Lipinski definition) is 2. The molecule has 9 nitrogen and oxygen atoms in total. The van der Waals surface area contributed by atoms with E-state index < -0.39 is 4.52 Å². The molecule has 11 heteroatoms. The highest BCUT2D eigenvalue weighted by molar-refractivity contribution is 6.47. The van der Waals surface area contributed by atoms with Gasteiger partial charge >= 0.3 is 0 Å². The lowest BCUT2D eigenvalue weighted by molar-refractivity contribution is -0.0243. The number of aliphatic hydroxyl groups is 2. The lowest BCUT2D eigenvalue weighted by atomic mass is 10.6. The highest BCUT2D eigenvalue weighted by Gasteiger charge is 2.18. The van der Waals surface area contributed by atoms with Gasteiger partial charge in [0.25, 0.3) is 0 Å². The summed E-state index contributed by atoms with van der Waals surface area (Å²) in [5.41, 5.74) is 0. The molecule has 0 aromatic carbocycles. The summed E-state index contributed by atoms with van der Waals surface area (Å²) < 4.78 is 34.7. The zero-order valence-corrected chi connectivity index (χ0v) is 17.1. The van der Waals surface area contributed by atoms with Crippen LogP contribution in [0.5, 0.6) is 0 Å². The Morgan fingerprint density at radius 3 is 1.00 bits per heavy atom. The summed E-state index contributed by atoms with van der Waals surface area (Å²) in [4.78, 5) is 0. The van der Waals surface area contributed by atoms with Gasteiger partial charge in [-0.2, -0.15) is 0 Å². The van der Waals surface area contributed by atoms with Crippen LogP contribution in [0.25, 0.3) is 0 Å². The van der Waals surface area contributed by atoms with Crippen molar-refractivity contribution in [3.8, 4) is 0 Å². The first-order chi connectivity index (χ1) is 13.1. The average Bonchev–Trinajstić information content (AvgIpc) is 2.62. The number of alkyl halides is 2. The van der Waals surface area contributed by atoms with Crippen LogP contribution in [0.1, 0.15) is 0 Å². The molecule has 0 aliphatic carbocycles. The SMILES string of the molecule is OCCOCCOCCOCCOCCOCCOCCOCC(O)(Cl)Cl. The van der Waals surface area contributed by atoms with Gasteiger partial charge in [-0.05, 0) is 0 Å². The minimum atomic E-state index is -1.86. The van der Waals surface area contributed by atoms with Gasteiger partial charge in [0, 0.05) is 0 Å². The number of aliphatic hydroxyl groups excluding tert-OH is 1. The predicted molar refractivity (Wildman–Crippen MR) is 99.5 cm³/mol. The first-order valence-electron chi connectivity index (χ1n) is 8.81. The highest BCUT2D eigenvalue weighted by Crippen LogP contribution is 2.15. The lowest BCUT2D eigenvalue weighted by Crippen LogP contribution is -2.21. The van der Waals surface area contributed by atoms with Crippen LogP contribution in [0.2, 0.25) is 0 Å². The fourth-order valence-corrected chi connectivity index (χ4v) is 1.73. The van der Waals surface area contributed by atoms with Crippen molar-refractivity contribution in [3.05, 3.63) is 0 Å². The van der Waals surface area contributed by atoms with E-state index in [0.717, 1.165) is 0 Å².